The Balaban J connectivity index is 1.97. The van der Waals surface area contributed by atoms with Crippen LogP contribution >= 0.6 is 23.2 Å². The Bertz CT molecular complexity index is 582. The summed E-state index contributed by atoms with van der Waals surface area (Å²) in [5, 5.41) is 4.33. The van der Waals surface area contributed by atoms with Crippen molar-refractivity contribution in [2.45, 2.75) is 20.4 Å². The molecule has 1 N–H and O–H groups in total. The average Bonchev–Trinajstić information content (AvgIpc) is 2.45. The van der Waals surface area contributed by atoms with E-state index >= 15 is 0 Å². The van der Waals surface area contributed by atoms with Crippen LogP contribution in [0.25, 0.3) is 0 Å². The summed E-state index contributed by atoms with van der Waals surface area (Å²) in [6.45, 7) is 6.25. The molecule has 0 heterocycles. The second kappa shape index (κ2) is 7.69. The van der Waals surface area contributed by atoms with Gasteiger partial charge in [-0.2, -0.15) is 0 Å². The fourth-order valence-corrected chi connectivity index (χ4v) is 2.20. The van der Waals surface area contributed by atoms with Crippen molar-refractivity contribution in [3.8, 4) is 11.5 Å². The van der Waals surface area contributed by atoms with Gasteiger partial charge in [0.05, 0.1) is 5.02 Å². The lowest BCUT2D eigenvalue weighted by Crippen LogP contribution is -2.18. The minimum absolute atomic E-state index is 0.432. The molecule has 0 aromatic heterocycles. The largest absolute Gasteiger partial charge is 0.456 e. The van der Waals surface area contributed by atoms with Gasteiger partial charge in [0, 0.05) is 6.54 Å². The van der Waals surface area contributed by atoms with Crippen molar-refractivity contribution < 1.29 is 4.74 Å². The van der Waals surface area contributed by atoms with E-state index in [2.05, 4.69) is 19.2 Å². The van der Waals surface area contributed by atoms with Gasteiger partial charge in [-0.1, -0.05) is 55.2 Å². The van der Waals surface area contributed by atoms with Crippen LogP contribution < -0.4 is 10.1 Å². The normalized spacial score (nSPS) is 10.9. The van der Waals surface area contributed by atoms with E-state index in [1.54, 1.807) is 12.1 Å². The van der Waals surface area contributed by atoms with Crippen molar-refractivity contribution in [3.63, 3.8) is 0 Å². The molecule has 0 amide bonds. The van der Waals surface area contributed by atoms with Gasteiger partial charge in [-0.15, -0.1) is 0 Å². The summed E-state index contributed by atoms with van der Waals surface area (Å²) >= 11 is 12.1. The molecule has 0 unspecified atom stereocenters. The van der Waals surface area contributed by atoms with Gasteiger partial charge in [0.1, 0.15) is 16.5 Å². The van der Waals surface area contributed by atoms with Gasteiger partial charge in [0.25, 0.3) is 0 Å². The smallest absolute Gasteiger partial charge is 0.147 e. The number of rotatable bonds is 6. The third-order valence-corrected chi connectivity index (χ3v) is 3.75. The number of ether oxygens (including phenoxy) is 1. The molecule has 112 valence electrons. The lowest BCUT2D eigenvalue weighted by Gasteiger charge is -2.10. The lowest BCUT2D eigenvalue weighted by molar-refractivity contribution is 0.482. The van der Waals surface area contributed by atoms with E-state index < -0.39 is 0 Å². The maximum Gasteiger partial charge on any atom is 0.147 e. The van der Waals surface area contributed by atoms with E-state index in [0.717, 1.165) is 18.8 Å². The zero-order valence-electron chi connectivity index (χ0n) is 12.2. The Morgan fingerprint density at radius 3 is 2.43 bits per heavy atom. The van der Waals surface area contributed by atoms with E-state index in [1.165, 1.54) is 5.56 Å². The molecule has 0 bridgehead atoms. The first kappa shape index (κ1) is 16.2. The number of benzene rings is 2. The highest BCUT2D eigenvalue weighted by Crippen LogP contribution is 2.34. The number of halogens is 2. The highest BCUT2D eigenvalue weighted by molar-refractivity contribution is 6.42. The van der Waals surface area contributed by atoms with E-state index in [0.29, 0.717) is 21.7 Å². The Kier molecular flexibility index (Phi) is 5.92. The minimum Gasteiger partial charge on any atom is -0.456 e. The fraction of sp³-hybridized carbons (Fsp3) is 0.294. The summed E-state index contributed by atoms with van der Waals surface area (Å²) < 4.78 is 5.75. The second-order valence-electron chi connectivity index (χ2n) is 5.32. The number of hydrogen-bond donors (Lipinski definition) is 1. The standard InChI is InChI=1S/C17H19Cl2NO/c1-12(2)10-20-11-13-6-8-14(9-7-13)21-16-5-3-4-15(18)17(16)19/h3-9,12,20H,10-11H2,1-2H3. The van der Waals surface area contributed by atoms with E-state index in [4.69, 9.17) is 27.9 Å². The maximum absolute atomic E-state index is 6.11. The molecule has 0 aliphatic heterocycles. The SMILES string of the molecule is CC(C)CNCc1ccc(Oc2cccc(Cl)c2Cl)cc1. The monoisotopic (exact) mass is 323 g/mol. The number of hydrogen-bond acceptors (Lipinski definition) is 2. The molecule has 2 nitrogen and oxygen atoms in total. The average molecular weight is 324 g/mol. The molecule has 0 saturated carbocycles. The van der Waals surface area contributed by atoms with E-state index in [-0.39, 0.29) is 0 Å². The summed E-state index contributed by atoms with van der Waals surface area (Å²) in [6.07, 6.45) is 0. The molecule has 0 aliphatic carbocycles. The lowest BCUT2D eigenvalue weighted by atomic mass is 10.2. The third-order valence-electron chi connectivity index (χ3n) is 2.95. The van der Waals surface area contributed by atoms with Crippen LogP contribution in [0.2, 0.25) is 10.0 Å². The first-order valence-corrected chi connectivity index (χ1v) is 7.73. The Hall–Kier alpha value is -1.22. The third kappa shape index (κ3) is 4.92. The first-order valence-electron chi connectivity index (χ1n) is 6.98. The second-order valence-corrected chi connectivity index (χ2v) is 6.11. The van der Waals surface area contributed by atoms with Gasteiger partial charge in [-0.3, -0.25) is 0 Å². The molecule has 0 saturated heterocycles. The molecule has 2 aromatic carbocycles. The Labute approximate surface area is 136 Å². The van der Waals surface area contributed by atoms with Gasteiger partial charge < -0.3 is 10.1 Å². The predicted octanol–water partition coefficient (Wildman–Crippen LogP) is 5.53. The predicted molar refractivity (Wildman–Crippen MR) is 89.5 cm³/mol. The molecule has 4 heteroatoms. The summed E-state index contributed by atoms with van der Waals surface area (Å²) in [5.41, 5.74) is 1.22. The summed E-state index contributed by atoms with van der Waals surface area (Å²) in [6, 6.07) is 13.3. The Morgan fingerprint density at radius 1 is 1.05 bits per heavy atom. The van der Waals surface area contributed by atoms with Crippen molar-refractivity contribution in [1.29, 1.82) is 0 Å². The molecular weight excluding hydrogens is 305 g/mol. The summed E-state index contributed by atoms with van der Waals surface area (Å²) in [7, 11) is 0. The highest BCUT2D eigenvalue weighted by Gasteiger charge is 2.06. The van der Waals surface area contributed by atoms with Crippen LogP contribution in [0.4, 0.5) is 0 Å². The zero-order valence-corrected chi connectivity index (χ0v) is 13.7. The van der Waals surface area contributed by atoms with Crippen molar-refractivity contribution in [2.75, 3.05) is 6.54 Å². The maximum atomic E-state index is 6.11. The molecule has 0 radical (unpaired) electrons. The van der Waals surface area contributed by atoms with Gasteiger partial charge in [0.15, 0.2) is 0 Å². The van der Waals surface area contributed by atoms with Crippen molar-refractivity contribution in [2.24, 2.45) is 5.92 Å². The molecule has 0 fully saturated rings. The molecule has 0 atom stereocenters. The molecule has 2 aromatic rings. The summed E-state index contributed by atoms with van der Waals surface area (Å²) in [4.78, 5) is 0. The topological polar surface area (TPSA) is 21.3 Å². The van der Waals surface area contributed by atoms with E-state index in [1.807, 2.05) is 30.3 Å². The Morgan fingerprint density at radius 2 is 1.76 bits per heavy atom. The van der Waals surface area contributed by atoms with Gasteiger partial charge in [-0.25, -0.2) is 0 Å². The van der Waals surface area contributed by atoms with Crippen LogP contribution in [0, 0.1) is 5.92 Å². The van der Waals surface area contributed by atoms with Crippen LogP contribution in [-0.4, -0.2) is 6.54 Å². The van der Waals surface area contributed by atoms with Gasteiger partial charge >= 0.3 is 0 Å². The van der Waals surface area contributed by atoms with Crippen LogP contribution in [0.1, 0.15) is 19.4 Å². The molecular formula is C17H19Cl2NO. The molecule has 0 spiro atoms. The van der Waals surface area contributed by atoms with Crippen molar-refractivity contribution in [3.05, 3.63) is 58.1 Å². The van der Waals surface area contributed by atoms with Crippen LogP contribution in [0.3, 0.4) is 0 Å². The quantitative estimate of drug-likeness (QED) is 0.754. The molecule has 2 rings (SSSR count). The van der Waals surface area contributed by atoms with Gasteiger partial charge in [-0.05, 0) is 42.3 Å². The minimum atomic E-state index is 0.432. The van der Waals surface area contributed by atoms with Crippen LogP contribution in [0.5, 0.6) is 11.5 Å². The molecule has 0 aliphatic rings. The van der Waals surface area contributed by atoms with Crippen molar-refractivity contribution >= 4 is 23.2 Å². The van der Waals surface area contributed by atoms with Crippen molar-refractivity contribution in [1.82, 2.24) is 5.32 Å². The van der Waals surface area contributed by atoms with Crippen LogP contribution in [0.15, 0.2) is 42.5 Å². The molecule has 21 heavy (non-hydrogen) atoms. The summed E-state index contributed by atoms with van der Waals surface area (Å²) in [5.74, 6) is 1.96. The number of nitrogens with one attached hydrogen (secondary N) is 1. The van der Waals surface area contributed by atoms with E-state index in [9.17, 15) is 0 Å². The first-order chi connectivity index (χ1) is 10.1. The van der Waals surface area contributed by atoms with Gasteiger partial charge in [0.2, 0.25) is 0 Å². The highest BCUT2D eigenvalue weighted by atomic mass is 35.5. The van der Waals surface area contributed by atoms with Crippen LogP contribution in [-0.2, 0) is 6.54 Å². The fourth-order valence-electron chi connectivity index (χ4n) is 1.87. The zero-order chi connectivity index (χ0) is 15.2.